The fourth-order valence-electron chi connectivity index (χ4n) is 2.80. The number of aromatic nitrogens is 5. The molecule has 154 valence electrons. The maximum absolute atomic E-state index is 6.08. The molecule has 7 nitrogen and oxygen atoms in total. The average molecular weight is 442 g/mol. The van der Waals surface area contributed by atoms with Crippen LogP contribution in [-0.4, -0.2) is 32.0 Å². The number of nitrogens with zero attached hydrogens (tertiary/aromatic N) is 5. The Bertz CT molecular complexity index is 1120. The van der Waals surface area contributed by atoms with E-state index in [1.54, 1.807) is 7.11 Å². The molecule has 0 bridgehead atoms. The highest BCUT2D eigenvalue weighted by atomic mass is 35.5. The van der Waals surface area contributed by atoms with E-state index in [4.69, 9.17) is 20.9 Å². The third kappa shape index (κ3) is 4.34. The molecule has 0 radical (unpaired) electrons. The second kappa shape index (κ2) is 8.89. The van der Waals surface area contributed by atoms with Crippen LogP contribution >= 0.6 is 23.4 Å². The van der Waals surface area contributed by atoms with Gasteiger partial charge in [0.05, 0.1) is 12.9 Å². The molecule has 4 rings (SSSR count). The number of hydrogen-bond donors (Lipinski definition) is 0. The largest absolute Gasteiger partial charge is 0.497 e. The van der Waals surface area contributed by atoms with Crippen molar-refractivity contribution in [2.24, 2.45) is 0 Å². The summed E-state index contributed by atoms with van der Waals surface area (Å²) in [6.45, 7) is 4.06. The fraction of sp³-hybridized carbons (Fsp3) is 0.238. The molecule has 2 heterocycles. The van der Waals surface area contributed by atoms with Gasteiger partial charge in [0, 0.05) is 22.2 Å². The molecule has 0 spiro atoms. The van der Waals surface area contributed by atoms with Gasteiger partial charge in [-0.3, -0.25) is 4.57 Å². The van der Waals surface area contributed by atoms with Gasteiger partial charge in [0.1, 0.15) is 5.75 Å². The number of benzene rings is 2. The number of halogens is 1. The molecule has 0 amide bonds. The minimum atomic E-state index is 0.215. The Balaban J connectivity index is 1.68. The summed E-state index contributed by atoms with van der Waals surface area (Å²) in [5.74, 6) is 3.46. The van der Waals surface area contributed by atoms with E-state index >= 15 is 0 Å². The van der Waals surface area contributed by atoms with E-state index in [2.05, 4.69) is 20.3 Å². The van der Waals surface area contributed by atoms with Crippen LogP contribution in [0.25, 0.3) is 17.1 Å². The van der Waals surface area contributed by atoms with Crippen molar-refractivity contribution in [3.05, 3.63) is 65.3 Å². The van der Waals surface area contributed by atoms with Gasteiger partial charge in [-0.05, 0) is 48.5 Å². The van der Waals surface area contributed by atoms with Crippen LogP contribution in [0, 0.1) is 0 Å². The van der Waals surface area contributed by atoms with E-state index in [1.165, 1.54) is 11.8 Å². The molecule has 0 saturated heterocycles. The van der Waals surface area contributed by atoms with Crippen LogP contribution in [0.15, 0.2) is 58.2 Å². The molecular weight excluding hydrogens is 422 g/mol. The zero-order valence-corrected chi connectivity index (χ0v) is 18.3. The summed E-state index contributed by atoms with van der Waals surface area (Å²) >= 11 is 7.57. The van der Waals surface area contributed by atoms with Crippen molar-refractivity contribution in [3.8, 4) is 22.8 Å². The van der Waals surface area contributed by atoms with E-state index in [0.717, 1.165) is 22.8 Å². The lowest BCUT2D eigenvalue weighted by Gasteiger charge is -2.10. The quantitative estimate of drug-likeness (QED) is 0.355. The lowest BCUT2D eigenvalue weighted by atomic mass is 10.2. The molecule has 0 saturated carbocycles. The zero-order valence-electron chi connectivity index (χ0n) is 16.7. The van der Waals surface area contributed by atoms with Gasteiger partial charge < -0.3 is 9.26 Å². The summed E-state index contributed by atoms with van der Waals surface area (Å²) in [6, 6.07) is 15.3. The number of rotatable bonds is 7. The smallest absolute Gasteiger partial charge is 0.237 e. The number of methoxy groups -OCH3 is 1. The highest BCUT2D eigenvalue weighted by molar-refractivity contribution is 7.98. The summed E-state index contributed by atoms with van der Waals surface area (Å²) in [6.07, 6.45) is 0. The maximum atomic E-state index is 6.08. The molecule has 0 atom stereocenters. The molecule has 0 unspecified atom stereocenters. The van der Waals surface area contributed by atoms with Crippen LogP contribution in [0.1, 0.15) is 31.5 Å². The van der Waals surface area contributed by atoms with Crippen LogP contribution in [0.2, 0.25) is 5.02 Å². The molecule has 9 heteroatoms. The Morgan fingerprint density at radius 3 is 2.43 bits per heavy atom. The van der Waals surface area contributed by atoms with Gasteiger partial charge in [-0.2, -0.15) is 4.98 Å². The van der Waals surface area contributed by atoms with Gasteiger partial charge >= 0.3 is 0 Å². The lowest BCUT2D eigenvalue weighted by Crippen LogP contribution is -2.00. The number of thioether (sulfide) groups is 1. The average Bonchev–Trinajstić information content (AvgIpc) is 3.40. The molecule has 2 aromatic carbocycles. The van der Waals surface area contributed by atoms with Gasteiger partial charge in [0.25, 0.3) is 0 Å². The van der Waals surface area contributed by atoms with Crippen LogP contribution in [0.3, 0.4) is 0 Å². The lowest BCUT2D eigenvalue weighted by molar-refractivity contribution is 0.382. The van der Waals surface area contributed by atoms with Crippen LogP contribution in [0.4, 0.5) is 0 Å². The Kier molecular flexibility index (Phi) is 6.06. The normalized spacial score (nSPS) is 11.2. The summed E-state index contributed by atoms with van der Waals surface area (Å²) in [7, 11) is 1.64. The number of hydrogen-bond acceptors (Lipinski definition) is 7. The Labute approximate surface area is 183 Å². The number of ether oxygens (including phenoxy) is 1. The van der Waals surface area contributed by atoms with Crippen molar-refractivity contribution in [2.45, 2.75) is 30.7 Å². The van der Waals surface area contributed by atoms with E-state index in [9.17, 15) is 0 Å². The molecule has 30 heavy (non-hydrogen) atoms. The highest BCUT2D eigenvalue weighted by Crippen LogP contribution is 2.31. The van der Waals surface area contributed by atoms with E-state index in [-0.39, 0.29) is 5.92 Å². The molecule has 2 aromatic heterocycles. The summed E-state index contributed by atoms with van der Waals surface area (Å²) in [5.41, 5.74) is 1.83. The van der Waals surface area contributed by atoms with Crippen molar-refractivity contribution < 1.29 is 9.26 Å². The molecular formula is C21H20ClN5O2S. The Morgan fingerprint density at radius 2 is 1.80 bits per heavy atom. The summed E-state index contributed by atoms with van der Waals surface area (Å²) < 4.78 is 12.6. The first-order valence-corrected chi connectivity index (χ1v) is 10.7. The maximum Gasteiger partial charge on any atom is 0.237 e. The molecule has 0 aliphatic carbocycles. The van der Waals surface area contributed by atoms with Gasteiger partial charge in [-0.15, -0.1) is 10.2 Å². The van der Waals surface area contributed by atoms with Crippen molar-refractivity contribution >= 4 is 23.4 Å². The SMILES string of the molecule is COc1ccc(-c2nnc(SCc3nc(C(C)C)no3)n2-c2ccc(Cl)cc2)cc1. The van der Waals surface area contributed by atoms with Crippen LogP contribution < -0.4 is 4.74 Å². The first-order chi connectivity index (χ1) is 14.5. The Morgan fingerprint density at radius 1 is 1.07 bits per heavy atom. The van der Waals surface area contributed by atoms with Crippen molar-refractivity contribution in [2.75, 3.05) is 7.11 Å². The van der Waals surface area contributed by atoms with Crippen molar-refractivity contribution in [3.63, 3.8) is 0 Å². The molecule has 0 aliphatic heterocycles. The Hall–Kier alpha value is -2.84. The van der Waals surface area contributed by atoms with Gasteiger partial charge in [-0.25, -0.2) is 0 Å². The second-order valence-corrected chi connectivity index (χ2v) is 8.22. The molecule has 0 aliphatic rings. The third-order valence-corrected chi connectivity index (χ3v) is 5.56. The van der Waals surface area contributed by atoms with E-state index < -0.39 is 0 Å². The highest BCUT2D eigenvalue weighted by Gasteiger charge is 2.18. The molecule has 0 N–H and O–H groups in total. The standard InChI is InChI=1S/C21H20ClN5O2S/c1-13(2)19-23-18(29-26-19)12-30-21-25-24-20(14-4-10-17(28-3)11-5-14)27(21)16-8-6-15(22)7-9-16/h4-11,13H,12H2,1-3H3. The predicted molar refractivity (Wildman–Crippen MR) is 116 cm³/mol. The predicted octanol–water partition coefficient (Wildman–Crippen LogP) is 5.40. The van der Waals surface area contributed by atoms with Gasteiger partial charge in [0.2, 0.25) is 5.89 Å². The minimum absolute atomic E-state index is 0.215. The van der Waals surface area contributed by atoms with Gasteiger partial charge in [-0.1, -0.05) is 42.4 Å². The monoisotopic (exact) mass is 441 g/mol. The summed E-state index contributed by atoms with van der Waals surface area (Å²) in [5, 5.41) is 14.3. The van der Waals surface area contributed by atoms with Crippen LogP contribution in [-0.2, 0) is 5.75 Å². The van der Waals surface area contributed by atoms with Crippen LogP contribution in [0.5, 0.6) is 5.75 Å². The topological polar surface area (TPSA) is 78.9 Å². The van der Waals surface area contributed by atoms with Gasteiger partial charge in [0.15, 0.2) is 16.8 Å². The first kappa shape index (κ1) is 20.4. The van der Waals surface area contributed by atoms with E-state index in [0.29, 0.717) is 27.6 Å². The fourth-order valence-corrected chi connectivity index (χ4v) is 3.72. The van der Waals surface area contributed by atoms with E-state index in [1.807, 2.05) is 66.9 Å². The van der Waals surface area contributed by atoms with Crippen molar-refractivity contribution in [1.29, 1.82) is 0 Å². The first-order valence-electron chi connectivity index (χ1n) is 9.36. The minimum Gasteiger partial charge on any atom is -0.497 e. The molecule has 4 aromatic rings. The summed E-state index contributed by atoms with van der Waals surface area (Å²) in [4.78, 5) is 4.44. The molecule has 0 fully saturated rings. The second-order valence-electron chi connectivity index (χ2n) is 6.84. The zero-order chi connectivity index (χ0) is 21.1. The third-order valence-electron chi connectivity index (χ3n) is 4.39. The van der Waals surface area contributed by atoms with Crippen molar-refractivity contribution in [1.82, 2.24) is 24.9 Å².